The van der Waals surface area contributed by atoms with Crippen molar-refractivity contribution in [3.05, 3.63) is 63.7 Å². The molecule has 2 aromatic rings. The van der Waals surface area contributed by atoms with Crippen LogP contribution in [0.4, 0.5) is 11.4 Å². The van der Waals surface area contributed by atoms with Gasteiger partial charge in [-0.15, -0.1) is 11.8 Å². The second-order valence-corrected chi connectivity index (χ2v) is 6.62. The number of rotatable bonds is 7. The van der Waals surface area contributed by atoms with Crippen LogP contribution < -0.4 is 5.32 Å². The Hall–Kier alpha value is -2.87. The molecule has 0 fully saturated rings. The number of nitrogens with zero attached hydrogens (tertiary/aromatic N) is 1. The highest BCUT2D eigenvalue weighted by molar-refractivity contribution is 8.00. The first-order chi connectivity index (χ1) is 12.3. The molecule has 26 heavy (non-hydrogen) atoms. The number of nitro benzene ring substituents is 1. The van der Waals surface area contributed by atoms with Crippen molar-refractivity contribution in [3.8, 4) is 0 Å². The first kappa shape index (κ1) is 19.5. The standard InChI is InChI=1S/C18H18N2O5S/c1-12-7-13(2)9-14(8-12)19-17(21)10-25-18(22)11-26-16-6-4-3-5-15(16)20(23)24/h3-9H,10-11H2,1-2H3,(H,19,21). The number of nitrogens with one attached hydrogen (secondary N) is 1. The van der Waals surface area contributed by atoms with Gasteiger partial charge in [0.2, 0.25) is 0 Å². The maximum absolute atomic E-state index is 11.9. The maximum atomic E-state index is 11.9. The van der Waals surface area contributed by atoms with Gasteiger partial charge in [-0.25, -0.2) is 0 Å². The molecule has 2 aromatic carbocycles. The average Bonchev–Trinajstić information content (AvgIpc) is 2.57. The summed E-state index contributed by atoms with van der Waals surface area (Å²) in [7, 11) is 0. The van der Waals surface area contributed by atoms with Gasteiger partial charge in [0.05, 0.1) is 15.6 Å². The summed E-state index contributed by atoms with van der Waals surface area (Å²) >= 11 is 0.995. The normalized spacial score (nSPS) is 10.2. The third-order valence-electron chi connectivity index (χ3n) is 3.28. The van der Waals surface area contributed by atoms with E-state index < -0.39 is 23.4 Å². The summed E-state index contributed by atoms with van der Waals surface area (Å²) < 4.78 is 4.92. The Morgan fingerprint density at radius 3 is 2.46 bits per heavy atom. The number of carbonyl (C=O) groups excluding carboxylic acids is 2. The predicted molar refractivity (Wildman–Crippen MR) is 99.3 cm³/mol. The number of hydrogen-bond acceptors (Lipinski definition) is 6. The molecule has 0 atom stereocenters. The molecule has 0 aromatic heterocycles. The van der Waals surface area contributed by atoms with Gasteiger partial charge in [0.1, 0.15) is 0 Å². The number of nitro groups is 1. The molecule has 0 heterocycles. The first-order valence-corrected chi connectivity index (χ1v) is 8.73. The van der Waals surface area contributed by atoms with E-state index in [1.807, 2.05) is 32.0 Å². The summed E-state index contributed by atoms with van der Waals surface area (Å²) in [6, 6.07) is 11.7. The Kier molecular flexibility index (Phi) is 6.74. The van der Waals surface area contributed by atoms with Crippen molar-refractivity contribution in [2.24, 2.45) is 0 Å². The third kappa shape index (κ3) is 5.89. The zero-order chi connectivity index (χ0) is 19.1. The Labute approximate surface area is 154 Å². The lowest BCUT2D eigenvalue weighted by atomic mass is 10.1. The van der Waals surface area contributed by atoms with Crippen molar-refractivity contribution in [2.75, 3.05) is 17.7 Å². The number of benzene rings is 2. The Morgan fingerprint density at radius 1 is 1.15 bits per heavy atom. The maximum Gasteiger partial charge on any atom is 0.316 e. The van der Waals surface area contributed by atoms with Gasteiger partial charge in [-0.3, -0.25) is 19.7 Å². The SMILES string of the molecule is Cc1cc(C)cc(NC(=O)COC(=O)CSc2ccccc2[N+](=O)[O-])c1. The van der Waals surface area contributed by atoms with Crippen LogP contribution in [-0.4, -0.2) is 29.2 Å². The number of carbonyl (C=O) groups is 2. The lowest BCUT2D eigenvalue weighted by molar-refractivity contribution is -0.387. The summed E-state index contributed by atoms with van der Waals surface area (Å²) in [5.74, 6) is -1.19. The minimum Gasteiger partial charge on any atom is -0.455 e. The van der Waals surface area contributed by atoms with E-state index in [9.17, 15) is 19.7 Å². The molecule has 0 aliphatic rings. The van der Waals surface area contributed by atoms with Crippen molar-refractivity contribution in [3.63, 3.8) is 0 Å². The highest BCUT2D eigenvalue weighted by Gasteiger charge is 2.15. The van der Waals surface area contributed by atoms with Crippen LogP contribution in [-0.2, 0) is 14.3 Å². The Morgan fingerprint density at radius 2 is 1.81 bits per heavy atom. The Bertz CT molecular complexity index is 818. The molecular formula is C18H18N2O5S. The quantitative estimate of drug-likeness (QED) is 0.345. The average molecular weight is 374 g/mol. The highest BCUT2D eigenvalue weighted by atomic mass is 32.2. The van der Waals surface area contributed by atoms with Crippen LogP contribution in [0.25, 0.3) is 0 Å². The summed E-state index contributed by atoms with van der Waals surface area (Å²) in [5, 5.41) is 13.6. The van der Waals surface area contributed by atoms with Crippen LogP contribution in [0.2, 0.25) is 0 Å². The van der Waals surface area contributed by atoms with E-state index in [4.69, 9.17) is 4.74 Å². The van der Waals surface area contributed by atoms with E-state index in [2.05, 4.69) is 5.32 Å². The van der Waals surface area contributed by atoms with Crippen LogP contribution in [0.3, 0.4) is 0 Å². The number of hydrogen-bond donors (Lipinski definition) is 1. The van der Waals surface area contributed by atoms with Crippen molar-refractivity contribution >= 4 is 35.0 Å². The number of thioether (sulfide) groups is 1. The molecule has 0 bridgehead atoms. The topological polar surface area (TPSA) is 98.5 Å². The summed E-state index contributed by atoms with van der Waals surface area (Å²) in [6.07, 6.45) is 0. The first-order valence-electron chi connectivity index (χ1n) is 7.75. The molecule has 1 amide bonds. The smallest absolute Gasteiger partial charge is 0.316 e. The summed E-state index contributed by atoms with van der Waals surface area (Å²) in [6.45, 7) is 3.43. The summed E-state index contributed by atoms with van der Waals surface area (Å²) in [5.41, 5.74) is 2.59. The number of para-hydroxylation sites is 1. The molecule has 136 valence electrons. The van der Waals surface area contributed by atoms with E-state index in [-0.39, 0.29) is 11.4 Å². The fourth-order valence-corrected chi connectivity index (χ4v) is 3.12. The van der Waals surface area contributed by atoms with E-state index >= 15 is 0 Å². The third-order valence-corrected chi connectivity index (χ3v) is 4.31. The molecule has 0 saturated carbocycles. The minimum absolute atomic E-state index is 0.0714. The molecule has 1 N–H and O–H groups in total. The lowest BCUT2D eigenvalue weighted by Crippen LogP contribution is -2.21. The van der Waals surface area contributed by atoms with Crippen LogP contribution in [0, 0.1) is 24.0 Å². The molecule has 2 rings (SSSR count). The van der Waals surface area contributed by atoms with Crippen molar-refractivity contribution in [2.45, 2.75) is 18.7 Å². The van der Waals surface area contributed by atoms with Gasteiger partial charge in [-0.2, -0.15) is 0 Å². The van der Waals surface area contributed by atoms with Crippen LogP contribution in [0.5, 0.6) is 0 Å². The molecule has 0 unspecified atom stereocenters. The molecule has 0 aliphatic heterocycles. The molecule has 0 spiro atoms. The number of anilines is 1. The van der Waals surface area contributed by atoms with Gasteiger partial charge in [0.25, 0.3) is 11.6 Å². The molecule has 0 aliphatic carbocycles. The molecule has 7 nitrogen and oxygen atoms in total. The van der Waals surface area contributed by atoms with Crippen LogP contribution in [0.15, 0.2) is 47.4 Å². The van der Waals surface area contributed by atoms with Crippen molar-refractivity contribution in [1.82, 2.24) is 0 Å². The molecule has 0 radical (unpaired) electrons. The number of ether oxygens (including phenoxy) is 1. The zero-order valence-corrected chi connectivity index (χ0v) is 15.2. The number of amides is 1. The molecule has 8 heteroatoms. The van der Waals surface area contributed by atoms with E-state index in [1.54, 1.807) is 18.2 Å². The van der Waals surface area contributed by atoms with Gasteiger partial charge in [-0.1, -0.05) is 18.2 Å². The lowest BCUT2D eigenvalue weighted by Gasteiger charge is -2.08. The van der Waals surface area contributed by atoms with E-state index in [0.717, 1.165) is 22.9 Å². The largest absolute Gasteiger partial charge is 0.455 e. The van der Waals surface area contributed by atoms with E-state index in [1.165, 1.54) is 6.07 Å². The second-order valence-electron chi connectivity index (χ2n) is 5.60. The highest BCUT2D eigenvalue weighted by Crippen LogP contribution is 2.28. The van der Waals surface area contributed by atoms with Gasteiger partial charge >= 0.3 is 5.97 Å². The second kappa shape index (κ2) is 9.00. The van der Waals surface area contributed by atoms with Crippen molar-refractivity contribution in [1.29, 1.82) is 0 Å². The minimum atomic E-state index is -0.622. The number of aryl methyl sites for hydroxylation is 2. The monoisotopic (exact) mass is 374 g/mol. The van der Waals surface area contributed by atoms with E-state index in [0.29, 0.717) is 10.6 Å². The van der Waals surface area contributed by atoms with Gasteiger partial charge < -0.3 is 10.1 Å². The van der Waals surface area contributed by atoms with Crippen LogP contribution >= 0.6 is 11.8 Å². The fourth-order valence-electron chi connectivity index (χ4n) is 2.30. The van der Waals surface area contributed by atoms with Crippen LogP contribution in [0.1, 0.15) is 11.1 Å². The van der Waals surface area contributed by atoms with Gasteiger partial charge in [0, 0.05) is 11.8 Å². The summed E-state index contributed by atoms with van der Waals surface area (Å²) in [4.78, 5) is 34.4. The Balaban J connectivity index is 1.81. The number of esters is 1. The van der Waals surface area contributed by atoms with Gasteiger partial charge in [-0.05, 0) is 43.2 Å². The molecule has 0 saturated heterocycles. The predicted octanol–water partition coefficient (Wildman–Crippen LogP) is 3.49. The molecular weight excluding hydrogens is 356 g/mol. The zero-order valence-electron chi connectivity index (χ0n) is 14.4. The van der Waals surface area contributed by atoms with Gasteiger partial charge in [0.15, 0.2) is 6.61 Å². The fraction of sp³-hybridized carbons (Fsp3) is 0.222. The van der Waals surface area contributed by atoms with Crippen molar-refractivity contribution < 1.29 is 19.2 Å².